The number of rotatable bonds is 4. The Morgan fingerprint density at radius 3 is 2.89 bits per heavy atom. The van der Waals surface area contributed by atoms with E-state index >= 15 is 0 Å². The van der Waals surface area contributed by atoms with Crippen LogP contribution in [0.5, 0.6) is 0 Å². The Bertz CT molecular complexity index is 889. The lowest BCUT2D eigenvalue weighted by atomic mass is 9.83. The number of hydrogen-bond acceptors (Lipinski definition) is 6. The van der Waals surface area contributed by atoms with E-state index in [4.69, 9.17) is 0 Å². The van der Waals surface area contributed by atoms with Gasteiger partial charge in [0.1, 0.15) is 5.82 Å². The summed E-state index contributed by atoms with van der Waals surface area (Å²) < 4.78 is 0. The van der Waals surface area contributed by atoms with E-state index in [0.29, 0.717) is 19.5 Å². The fourth-order valence-corrected chi connectivity index (χ4v) is 4.28. The van der Waals surface area contributed by atoms with E-state index in [2.05, 4.69) is 20.1 Å². The molecule has 0 spiro atoms. The summed E-state index contributed by atoms with van der Waals surface area (Å²) in [6, 6.07) is 10.8. The van der Waals surface area contributed by atoms with Gasteiger partial charge in [-0.25, -0.2) is 4.98 Å². The van der Waals surface area contributed by atoms with Crippen LogP contribution in [0.25, 0.3) is 0 Å². The minimum Gasteiger partial charge on any atom is -0.364 e. The molecule has 1 aromatic heterocycles. The van der Waals surface area contributed by atoms with Crippen molar-refractivity contribution in [3.8, 4) is 0 Å². The van der Waals surface area contributed by atoms with E-state index in [1.165, 1.54) is 0 Å². The maximum Gasteiger partial charge on any atom is 0.269 e. The van der Waals surface area contributed by atoms with Crippen LogP contribution < -0.4 is 15.1 Å². The Kier molecular flexibility index (Phi) is 4.85. The second kappa shape index (κ2) is 7.46. The van der Waals surface area contributed by atoms with E-state index in [-0.39, 0.29) is 28.5 Å². The molecule has 0 bridgehead atoms. The highest BCUT2D eigenvalue weighted by molar-refractivity contribution is 5.82. The van der Waals surface area contributed by atoms with Gasteiger partial charge in [-0.05, 0) is 37.1 Å². The van der Waals surface area contributed by atoms with Crippen molar-refractivity contribution in [2.24, 2.45) is 5.92 Å². The molecule has 1 fully saturated rings. The van der Waals surface area contributed by atoms with Crippen LogP contribution >= 0.6 is 0 Å². The van der Waals surface area contributed by atoms with Gasteiger partial charge >= 0.3 is 0 Å². The van der Waals surface area contributed by atoms with Crippen molar-refractivity contribution < 1.29 is 9.72 Å². The summed E-state index contributed by atoms with van der Waals surface area (Å²) in [6.07, 6.45) is 2.28. The number of piperazine rings is 1. The lowest BCUT2D eigenvalue weighted by Gasteiger charge is -2.49. The molecular formula is C20H23N5O3. The molecule has 1 amide bonds. The van der Waals surface area contributed by atoms with E-state index in [1.54, 1.807) is 18.3 Å². The van der Waals surface area contributed by atoms with Crippen molar-refractivity contribution in [3.63, 3.8) is 0 Å². The molecule has 0 unspecified atom stereocenters. The number of non-ortho nitro benzene ring substituents is 1. The Morgan fingerprint density at radius 1 is 1.32 bits per heavy atom. The van der Waals surface area contributed by atoms with Gasteiger partial charge in [-0.3, -0.25) is 14.9 Å². The number of benzene rings is 1. The number of pyridine rings is 1. The van der Waals surface area contributed by atoms with Crippen LogP contribution in [-0.2, 0) is 11.2 Å². The van der Waals surface area contributed by atoms with Crippen LogP contribution in [0, 0.1) is 16.0 Å². The third-order valence-electron chi connectivity index (χ3n) is 5.57. The van der Waals surface area contributed by atoms with Gasteiger partial charge in [0.2, 0.25) is 5.91 Å². The number of aromatic nitrogens is 1. The first-order valence-electron chi connectivity index (χ1n) is 9.56. The Labute approximate surface area is 163 Å². The zero-order valence-corrected chi connectivity index (χ0v) is 15.7. The number of hydrogen-bond donors (Lipinski definition) is 1. The number of nitro groups is 1. The van der Waals surface area contributed by atoms with Gasteiger partial charge < -0.3 is 15.1 Å². The van der Waals surface area contributed by atoms with E-state index in [0.717, 1.165) is 30.2 Å². The normalized spacial score (nSPS) is 20.9. The molecule has 3 heterocycles. The fraction of sp³-hybridized carbons (Fsp3) is 0.400. The standard InChI is InChI=1S/C20H23N5O3/c1-2-21-20(26)16-12-14-11-15(25(27)28)6-7-17(14)24-10-9-23(13-18(16)24)19-5-3-4-8-22-19/h3-8,11,16,18H,2,9-10,12-13H2,1H3,(H,21,26)/t16-,18+/m1/s1. The highest BCUT2D eigenvalue weighted by Crippen LogP contribution is 2.38. The first kappa shape index (κ1) is 18.2. The number of carbonyl (C=O) groups is 1. The summed E-state index contributed by atoms with van der Waals surface area (Å²) in [6.45, 7) is 4.68. The SMILES string of the molecule is CCNC(=O)[C@@H]1Cc2cc([N+](=O)[O-])ccc2N2CCN(c3ccccn3)C[C@@H]12. The quantitative estimate of drug-likeness (QED) is 0.643. The molecule has 2 aliphatic rings. The smallest absolute Gasteiger partial charge is 0.269 e. The molecule has 0 saturated carbocycles. The lowest BCUT2D eigenvalue weighted by molar-refractivity contribution is -0.384. The van der Waals surface area contributed by atoms with Gasteiger partial charge in [0.25, 0.3) is 5.69 Å². The fourth-order valence-electron chi connectivity index (χ4n) is 4.28. The first-order valence-corrected chi connectivity index (χ1v) is 9.56. The minimum atomic E-state index is -0.382. The summed E-state index contributed by atoms with van der Waals surface area (Å²) in [5.41, 5.74) is 1.93. The van der Waals surface area contributed by atoms with E-state index in [9.17, 15) is 14.9 Å². The highest BCUT2D eigenvalue weighted by atomic mass is 16.6. The molecule has 2 atom stereocenters. The molecule has 1 saturated heterocycles. The molecular weight excluding hydrogens is 358 g/mol. The van der Waals surface area contributed by atoms with Gasteiger partial charge in [-0.15, -0.1) is 0 Å². The van der Waals surface area contributed by atoms with Crippen LogP contribution in [0.2, 0.25) is 0 Å². The summed E-state index contributed by atoms with van der Waals surface area (Å²) in [5, 5.41) is 14.1. The highest BCUT2D eigenvalue weighted by Gasteiger charge is 2.42. The summed E-state index contributed by atoms with van der Waals surface area (Å²) in [5.74, 6) is 0.643. The molecule has 1 N–H and O–H groups in total. The molecule has 8 heteroatoms. The first-order chi connectivity index (χ1) is 13.6. The third-order valence-corrected chi connectivity index (χ3v) is 5.57. The van der Waals surface area contributed by atoms with Crippen LogP contribution in [0.1, 0.15) is 12.5 Å². The third kappa shape index (κ3) is 3.26. The Morgan fingerprint density at radius 2 is 2.18 bits per heavy atom. The largest absolute Gasteiger partial charge is 0.364 e. The predicted octanol–water partition coefficient (Wildman–Crippen LogP) is 1.99. The van der Waals surface area contributed by atoms with Crippen LogP contribution in [-0.4, -0.2) is 48.0 Å². The van der Waals surface area contributed by atoms with Crippen molar-refractivity contribution in [2.75, 3.05) is 36.0 Å². The average Bonchev–Trinajstić information content (AvgIpc) is 2.73. The summed E-state index contributed by atoms with van der Waals surface area (Å²) in [4.78, 5) is 32.5. The van der Waals surface area contributed by atoms with Crippen molar-refractivity contribution in [1.82, 2.24) is 10.3 Å². The molecule has 4 rings (SSSR count). The lowest BCUT2D eigenvalue weighted by Crippen LogP contribution is -2.61. The predicted molar refractivity (Wildman–Crippen MR) is 107 cm³/mol. The number of carbonyl (C=O) groups excluding carboxylic acids is 1. The zero-order chi connectivity index (χ0) is 19.7. The molecule has 2 aromatic rings. The van der Waals surface area contributed by atoms with Gasteiger partial charge in [-0.2, -0.15) is 0 Å². The molecule has 146 valence electrons. The van der Waals surface area contributed by atoms with Crippen molar-refractivity contribution in [2.45, 2.75) is 19.4 Å². The molecule has 0 radical (unpaired) electrons. The molecule has 0 aliphatic carbocycles. The number of amides is 1. The topological polar surface area (TPSA) is 91.6 Å². The zero-order valence-electron chi connectivity index (χ0n) is 15.7. The molecule has 2 aliphatic heterocycles. The van der Waals surface area contributed by atoms with Crippen LogP contribution in [0.4, 0.5) is 17.2 Å². The van der Waals surface area contributed by atoms with Crippen LogP contribution in [0.3, 0.4) is 0 Å². The molecule has 1 aromatic carbocycles. The Hall–Kier alpha value is -3.16. The van der Waals surface area contributed by atoms with Gasteiger partial charge in [-0.1, -0.05) is 6.07 Å². The molecule has 8 nitrogen and oxygen atoms in total. The second-order valence-corrected chi connectivity index (χ2v) is 7.17. The van der Waals surface area contributed by atoms with Crippen molar-refractivity contribution in [1.29, 1.82) is 0 Å². The van der Waals surface area contributed by atoms with Crippen molar-refractivity contribution >= 4 is 23.1 Å². The minimum absolute atomic E-state index is 0.00229. The number of nitro benzene ring substituents is 1. The van der Waals surface area contributed by atoms with Gasteiger partial charge in [0, 0.05) is 50.2 Å². The molecule has 28 heavy (non-hydrogen) atoms. The van der Waals surface area contributed by atoms with Crippen molar-refractivity contribution in [3.05, 3.63) is 58.3 Å². The number of anilines is 2. The Balaban J connectivity index is 1.68. The maximum absolute atomic E-state index is 12.8. The number of nitrogens with zero attached hydrogens (tertiary/aromatic N) is 4. The van der Waals surface area contributed by atoms with E-state index < -0.39 is 0 Å². The van der Waals surface area contributed by atoms with Gasteiger partial charge in [0.15, 0.2) is 0 Å². The van der Waals surface area contributed by atoms with Crippen LogP contribution in [0.15, 0.2) is 42.6 Å². The van der Waals surface area contributed by atoms with Gasteiger partial charge in [0.05, 0.1) is 16.9 Å². The summed E-state index contributed by atoms with van der Waals surface area (Å²) >= 11 is 0. The number of fused-ring (bicyclic) bond motifs is 3. The maximum atomic E-state index is 12.8. The number of nitrogens with one attached hydrogen (secondary N) is 1. The van der Waals surface area contributed by atoms with E-state index in [1.807, 2.05) is 31.2 Å². The summed E-state index contributed by atoms with van der Waals surface area (Å²) in [7, 11) is 0. The second-order valence-electron chi connectivity index (χ2n) is 7.17. The monoisotopic (exact) mass is 381 g/mol. The average molecular weight is 381 g/mol.